The number of fused-ring (bicyclic) bond motifs is 6. The van der Waals surface area contributed by atoms with Crippen LogP contribution in [0.1, 0.15) is 11.1 Å². The van der Waals surface area contributed by atoms with E-state index in [1.165, 1.54) is 20.9 Å². The highest BCUT2D eigenvalue weighted by molar-refractivity contribution is 7.25. The number of aromatic nitrogens is 3. The monoisotopic (exact) mass is 615 g/mol. The SMILES string of the molecule is FC1(F)c2cc(-c3ccc4sc5ccccc5c4c3)ccc2-c2ccc(-c3nc(-c4ccccc4)nc(-c4ccccc4)n3)cc21. The molecule has 0 saturated heterocycles. The Morgan fingerprint density at radius 3 is 1.54 bits per heavy atom. The normalized spacial score (nSPS) is 13.2. The number of halogens is 2. The van der Waals surface area contributed by atoms with Crippen molar-refractivity contribution in [2.75, 3.05) is 0 Å². The summed E-state index contributed by atoms with van der Waals surface area (Å²) in [6.07, 6.45) is 0. The van der Waals surface area contributed by atoms with Crippen LogP contribution in [0.15, 0.2) is 140 Å². The second-order valence-electron chi connectivity index (χ2n) is 11.4. The van der Waals surface area contributed by atoms with Gasteiger partial charge in [0.15, 0.2) is 17.5 Å². The van der Waals surface area contributed by atoms with Crippen LogP contribution in [0.25, 0.3) is 76.6 Å². The number of benzene rings is 6. The van der Waals surface area contributed by atoms with E-state index in [1.807, 2.05) is 97.1 Å². The number of nitrogens with zero attached hydrogens (tertiary/aromatic N) is 3. The molecule has 0 N–H and O–H groups in total. The summed E-state index contributed by atoms with van der Waals surface area (Å²) in [7, 11) is 0. The van der Waals surface area contributed by atoms with Crippen molar-refractivity contribution in [1.29, 1.82) is 0 Å². The van der Waals surface area contributed by atoms with Crippen LogP contribution in [0.4, 0.5) is 8.78 Å². The van der Waals surface area contributed by atoms with Gasteiger partial charge in [0.2, 0.25) is 0 Å². The fraction of sp³-hybridized carbons (Fsp3) is 0.0250. The van der Waals surface area contributed by atoms with Crippen LogP contribution >= 0.6 is 11.3 Å². The largest absolute Gasteiger partial charge is 0.299 e. The maximum atomic E-state index is 16.4. The minimum absolute atomic E-state index is 0.0121. The van der Waals surface area contributed by atoms with Crippen molar-refractivity contribution in [2.45, 2.75) is 5.92 Å². The number of hydrogen-bond acceptors (Lipinski definition) is 4. The minimum Gasteiger partial charge on any atom is -0.208 e. The molecule has 1 aliphatic carbocycles. The van der Waals surface area contributed by atoms with Crippen LogP contribution in [0.2, 0.25) is 0 Å². The first-order valence-electron chi connectivity index (χ1n) is 15.0. The third kappa shape index (κ3) is 4.25. The maximum Gasteiger partial charge on any atom is 0.299 e. The Labute approximate surface area is 267 Å². The number of hydrogen-bond donors (Lipinski definition) is 0. The highest BCUT2D eigenvalue weighted by Crippen LogP contribution is 2.53. The van der Waals surface area contributed by atoms with Crippen LogP contribution in [-0.4, -0.2) is 15.0 Å². The molecular weight excluding hydrogens is 593 g/mol. The molecule has 8 aromatic rings. The molecule has 0 amide bonds. The molecule has 0 atom stereocenters. The van der Waals surface area contributed by atoms with E-state index in [1.54, 1.807) is 23.5 Å². The Bertz CT molecular complexity index is 2400. The minimum atomic E-state index is -3.19. The standard InChI is InChI=1S/C40H23F2N3S/c41-40(42)33-22-27(26-17-20-36-32(21-26)31-13-7-8-14-35(31)46-36)15-18-29(33)30-19-16-28(23-34(30)40)39-44-37(24-9-3-1-4-10-24)43-38(45-39)25-11-5-2-6-12-25/h1-23H. The Hall–Kier alpha value is -5.59. The first kappa shape index (κ1) is 26.8. The quantitative estimate of drug-likeness (QED) is 0.198. The third-order valence-electron chi connectivity index (χ3n) is 8.67. The predicted molar refractivity (Wildman–Crippen MR) is 183 cm³/mol. The first-order chi connectivity index (χ1) is 22.5. The van der Waals surface area contributed by atoms with Gasteiger partial charge in [-0.3, -0.25) is 0 Å². The van der Waals surface area contributed by atoms with Crippen LogP contribution in [0, 0.1) is 0 Å². The number of thiophene rings is 1. The van der Waals surface area contributed by atoms with E-state index in [2.05, 4.69) is 24.3 Å². The van der Waals surface area contributed by atoms with Gasteiger partial charge in [0.25, 0.3) is 5.92 Å². The lowest BCUT2D eigenvalue weighted by Crippen LogP contribution is -2.11. The molecule has 46 heavy (non-hydrogen) atoms. The Balaban J connectivity index is 1.14. The molecule has 0 aliphatic heterocycles. The van der Waals surface area contributed by atoms with Crippen molar-refractivity contribution in [3.8, 4) is 56.4 Å². The van der Waals surface area contributed by atoms with Gasteiger partial charge >= 0.3 is 0 Å². The van der Waals surface area contributed by atoms with Gasteiger partial charge < -0.3 is 0 Å². The van der Waals surface area contributed by atoms with E-state index in [4.69, 9.17) is 15.0 Å². The molecule has 1 aliphatic rings. The average molecular weight is 616 g/mol. The first-order valence-corrected chi connectivity index (χ1v) is 15.8. The Morgan fingerprint density at radius 1 is 0.413 bits per heavy atom. The molecule has 2 heterocycles. The topological polar surface area (TPSA) is 38.7 Å². The van der Waals surface area contributed by atoms with Crippen LogP contribution in [0.5, 0.6) is 0 Å². The Kier molecular flexibility index (Phi) is 5.95. The van der Waals surface area contributed by atoms with Crippen LogP contribution in [-0.2, 0) is 5.92 Å². The summed E-state index contributed by atoms with van der Waals surface area (Å²) in [6.45, 7) is 0. The zero-order valence-electron chi connectivity index (χ0n) is 24.3. The van der Waals surface area contributed by atoms with Crippen molar-refractivity contribution in [3.63, 3.8) is 0 Å². The molecule has 0 radical (unpaired) electrons. The van der Waals surface area contributed by atoms with Gasteiger partial charge in [-0.2, -0.15) is 8.78 Å². The molecule has 0 unspecified atom stereocenters. The maximum absolute atomic E-state index is 16.4. The predicted octanol–water partition coefficient (Wildman–Crippen LogP) is 11.0. The lowest BCUT2D eigenvalue weighted by molar-refractivity contribution is 0.0481. The van der Waals surface area contributed by atoms with Crippen molar-refractivity contribution in [3.05, 3.63) is 151 Å². The molecular formula is C40H23F2N3S. The highest BCUT2D eigenvalue weighted by atomic mass is 32.1. The molecule has 0 fully saturated rings. The smallest absolute Gasteiger partial charge is 0.208 e. The molecule has 2 aromatic heterocycles. The van der Waals surface area contributed by atoms with Crippen molar-refractivity contribution >= 4 is 31.5 Å². The molecule has 6 aromatic carbocycles. The zero-order chi connectivity index (χ0) is 30.8. The molecule has 3 nitrogen and oxygen atoms in total. The van der Waals surface area contributed by atoms with Gasteiger partial charge in [-0.15, -0.1) is 11.3 Å². The van der Waals surface area contributed by atoms with E-state index in [9.17, 15) is 0 Å². The van der Waals surface area contributed by atoms with Gasteiger partial charge in [0.1, 0.15) is 0 Å². The molecule has 9 rings (SSSR count). The van der Waals surface area contributed by atoms with Crippen molar-refractivity contribution in [1.82, 2.24) is 15.0 Å². The van der Waals surface area contributed by atoms with Gasteiger partial charge in [0.05, 0.1) is 0 Å². The van der Waals surface area contributed by atoms with E-state index < -0.39 is 5.92 Å². The summed E-state index contributed by atoms with van der Waals surface area (Å²) in [5.74, 6) is -1.87. The van der Waals surface area contributed by atoms with Gasteiger partial charge in [-0.1, -0.05) is 109 Å². The second-order valence-corrected chi connectivity index (χ2v) is 12.5. The Morgan fingerprint density at radius 2 is 0.891 bits per heavy atom. The fourth-order valence-corrected chi connectivity index (χ4v) is 7.47. The van der Waals surface area contributed by atoms with E-state index >= 15 is 8.78 Å². The summed E-state index contributed by atoms with van der Waals surface area (Å²) in [5, 5.41) is 2.32. The van der Waals surface area contributed by atoms with Gasteiger partial charge in [-0.05, 0) is 52.6 Å². The lowest BCUT2D eigenvalue weighted by atomic mass is 9.97. The summed E-state index contributed by atoms with van der Waals surface area (Å²) < 4.78 is 35.1. The molecule has 0 spiro atoms. The number of alkyl halides is 2. The van der Waals surface area contributed by atoms with Crippen molar-refractivity contribution in [2.24, 2.45) is 0 Å². The van der Waals surface area contributed by atoms with Gasteiger partial charge in [0, 0.05) is 48.0 Å². The highest BCUT2D eigenvalue weighted by Gasteiger charge is 2.44. The summed E-state index contributed by atoms with van der Waals surface area (Å²) in [4.78, 5) is 14.2. The van der Waals surface area contributed by atoms with E-state index in [-0.39, 0.29) is 11.1 Å². The molecule has 0 bridgehead atoms. The molecule has 218 valence electrons. The average Bonchev–Trinajstić information content (AvgIpc) is 3.60. The summed E-state index contributed by atoms with van der Waals surface area (Å²) in [5.41, 5.74) is 4.87. The molecule has 6 heteroatoms. The summed E-state index contributed by atoms with van der Waals surface area (Å²) >= 11 is 1.74. The zero-order valence-corrected chi connectivity index (χ0v) is 25.1. The molecule has 0 saturated carbocycles. The van der Waals surface area contributed by atoms with Gasteiger partial charge in [-0.25, -0.2) is 15.0 Å². The third-order valence-corrected chi connectivity index (χ3v) is 9.83. The van der Waals surface area contributed by atoms with E-state index in [0.717, 1.165) is 27.6 Å². The number of rotatable bonds is 4. The van der Waals surface area contributed by atoms with E-state index in [0.29, 0.717) is 34.2 Å². The van der Waals surface area contributed by atoms with Crippen LogP contribution in [0.3, 0.4) is 0 Å². The van der Waals surface area contributed by atoms with Crippen molar-refractivity contribution < 1.29 is 8.78 Å². The lowest BCUT2D eigenvalue weighted by Gasteiger charge is -2.14. The second kappa shape index (κ2) is 10.2. The fourth-order valence-electron chi connectivity index (χ4n) is 6.38. The summed E-state index contributed by atoms with van der Waals surface area (Å²) in [6, 6.07) is 44.3. The van der Waals surface area contributed by atoms with Crippen LogP contribution < -0.4 is 0 Å².